The summed E-state index contributed by atoms with van der Waals surface area (Å²) in [5, 5.41) is 12.0. The molecule has 1 unspecified atom stereocenters. The summed E-state index contributed by atoms with van der Waals surface area (Å²) in [5.74, 6) is -0.0129. The van der Waals surface area contributed by atoms with Crippen molar-refractivity contribution < 1.29 is 9.90 Å². The maximum absolute atomic E-state index is 12.1. The Morgan fingerprint density at radius 3 is 2.53 bits per heavy atom. The zero-order chi connectivity index (χ0) is 14.5. The van der Waals surface area contributed by atoms with Crippen molar-refractivity contribution in [3.8, 4) is 0 Å². The van der Waals surface area contributed by atoms with Crippen LogP contribution in [0.4, 0.5) is 0 Å². The Hall–Kier alpha value is -0.520. The molecule has 0 aliphatic carbocycles. The van der Waals surface area contributed by atoms with E-state index in [1.54, 1.807) is 6.92 Å². The third-order valence-corrected chi connectivity index (χ3v) is 4.31. The summed E-state index contributed by atoms with van der Waals surface area (Å²) < 4.78 is 0.489. The fourth-order valence-corrected chi connectivity index (χ4v) is 2.74. The highest BCUT2D eigenvalue weighted by atomic mass is 79.9. The number of rotatable bonds is 6. The van der Waals surface area contributed by atoms with Crippen LogP contribution < -0.4 is 5.32 Å². The van der Waals surface area contributed by atoms with Crippen molar-refractivity contribution in [1.29, 1.82) is 0 Å². The molecule has 1 rings (SSSR count). The molecule has 0 saturated carbocycles. The van der Waals surface area contributed by atoms with E-state index in [1.165, 1.54) is 11.8 Å². The third-order valence-electron chi connectivity index (χ3n) is 2.58. The minimum atomic E-state index is -0.535. The van der Waals surface area contributed by atoms with Gasteiger partial charge in [0.1, 0.15) is 0 Å². The molecule has 1 amide bonds. The number of nitrogens with one attached hydrogen (secondary N) is 1. The molecule has 106 valence electrons. The highest BCUT2D eigenvalue weighted by Crippen LogP contribution is 2.33. The Morgan fingerprint density at radius 2 is 2.00 bits per heavy atom. The lowest BCUT2D eigenvalue weighted by Gasteiger charge is -2.23. The van der Waals surface area contributed by atoms with Crippen LogP contribution in [0.15, 0.2) is 33.6 Å². The van der Waals surface area contributed by atoms with Gasteiger partial charge in [0.15, 0.2) is 0 Å². The minimum absolute atomic E-state index is 0.0129. The van der Waals surface area contributed by atoms with Crippen LogP contribution in [0.1, 0.15) is 27.2 Å². The second kappa shape index (κ2) is 7.31. The Labute approximate surface area is 127 Å². The van der Waals surface area contributed by atoms with Gasteiger partial charge in [-0.05, 0) is 51.5 Å². The summed E-state index contributed by atoms with van der Waals surface area (Å²) in [6, 6.07) is 7.90. The molecular formula is C14H20BrNO2S. The van der Waals surface area contributed by atoms with E-state index in [1.807, 2.05) is 38.1 Å². The van der Waals surface area contributed by atoms with E-state index in [0.29, 0.717) is 13.0 Å². The molecule has 0 aliphatic rings. The predicted molar refractivity (Wildman–Crippen MR) is 83.4 cm³/mol. The topological polar surface area (TPSA) is 49.3 Å². The number of amides is 1. The van der Waals surface area contributed by atoms with E-state index in [4.69, 9.17) is 5.11 Å². The first-order valence-corrected chi connectivity index (χ1v) is 7.83. The molecule has 0 spiro atoms. The fourth-order valence-electron chi connectivity index (χ4n) is 1.45. The number of carbonyl (C=O) groups is 1. The molecule has 0 bridgehead atoms. The summed E-state index contributed by atoms with van der Waals surface area (Å²) in [4.78, 5) is 13.1. The zero-order valence-electron chi connectivity index (χ0n) is 11.4. The summed E-state index contributed by atoms with van der Waals surface area (Å²) in [5.41, 5.74) is 0. The van der Waals surface area contributed by atoms with Gasteiger partial charge in [-0.3, -0.25) is 4.79 Å². The van der Waals surface area contributed by atoms with E-state index >= 15 is 0 Å². The highest BCUT2D eigenvalue weighted by Gasteiger charge is 2.28. The smallest absolute Gasteiger partial charge is 0.236 e. The van der Waals surface area contributed by atoms with Crippen molar-refractivity contribution in [2.45, 2.75) is 42.9 Å². The van der Waals surface area contributed by atoms with Gasteiger partial charge in [-0.25, -0.2) is 0 Å². The van der Waals surface area contributed by atoms with Gasteiger partial charge in [0.05, 0.1) is 10.9 Å². The molecule has 1 atom stereocenters. The molecule has 19 heavy (non-hydrogen) atoms. The number of benzene rings is 1. The van der Waals surface area contributed by atoms with Crippen LogP contribution in [0.3, 0.4) is 0 Å². The van der Waals surface area contributed by atoms with Gasteiger partial charge >= 0.3 is 0 Å². The molecule has 5 heteroatoms. The highest BCUT2D eigenvalue weighted by molar-refractivity contribution is 9.10. The summed E-state index contributed by atoms with van der Waals surface area (Å²) in [6.45, 7) is 6.02. The number of carbonyl (C=O) groups excluding carboxylic acids is 1. The lowest BCUT2D eigenvalue weighted by atomic mass is 10.2. The van der Waals surface area contributed by atoms with Gasteiger partial charge in [-0.1, -0.05) is 15.9 Å². The molecule has 0 aromatic heterocycles. The number of thioether (sulfide) groups is 1. The Morgan fingerprint density at radius 1 is 1.42 bits per heavy atom. The molecular weight excluding hydrogens is 326 g/mol. The zero-order valence-corrected chi connectivity index (χ0v) is 13.8. The van der Waals surface area contributed by atoms with Crippen LogP contribution in [0.5, 0.6) is 0 Å². The normalized spacial score (nSPS) is 13.1. The number of aliphatic hydroxyl groups excluding tert-OH is 1. The predicted octanol–water partition coefficient (Wildman–Crippen LogP) is 3.21. The maximum atomic E-state index is 12.1. The van der Waals surface area contributed by atoms with Crippen molar-refractivity contribution in [2.24, 2.45) is 0 Å². The van der Waals surface area contributed by atoms with E-state index in [2.05, 4.69) is 21.2 Å². The molecule has 3 nitrogen and oxygen atoms in total. The quantitative estimate of drug-likeness (QED) is 0.778. The Kier molecular flexibility index (Phi) is 6.36. The molecule has 2 N–H and O–H groups in total. The van der Waals surface area contributed by atoms with Gasteiger partial charge in [0, 0.05) is 15.9 Å². The average Bonchev–Trinajstić information content (AvgIpc) is 2.31. The summed E-state index contributed by atoms with van der Waals surface area (Å²) in [7, 11) is 0. The second-order valence-corrected chi connectivity index (χ2v) is 7.57. The average molecular weight is 346 g/mol. The van der Waals surface area contributed by atoms with Gasteiger partial charge in [-0.15, -0.1) is 11.8 Å². The first-order chi connectivity index (χ1) is 8.81. The van der Waals surface area contributed by atoms with Crippen molar-refractivity contribution in [1.82, 2.24) is 5.32 Å². The van der Waals surface area contributed by atoms with Crippen molar-refractivity contribution in [3.63, 3.8) is 0 Å². The Bertz CT molecular complexity index is 418. The van der Waals surface area contributed by atoms with Gasteiger partial charge in [0.2, 0.25) is 5.91 Å². The van der Waals surface area contributed by atoms with E-state index in [9.17, 15) is 4.79 Å². The van der Waals surface area contributed by atoms with Crippen molar-refractivity contribution >= 4 is 33.6 Å². The van der Waals surface area contributed by atoms with Crippen molar-refractivity contribution in [2.75, 3.05) is 6.54 Å². The van der Waals surface area contributed by atoms with E-state index in [0.717, 1.165) is 9.37 Å². The maximum Gasteiger partial charge on any atom is 0.236 e. The standard InChI is InChI=1S/C14H20BrNO2S/c1-10(17)8-9-16-13(18)14(2,3)19-12-6-4-11(15)5-7-12/h4-7,10,17H,8-9H2,1-3H3,(H,16,18). The Balaban J connectivity index is 2.54. The molecule has 0 saturated heterocycles. The van der Waals surface area contributed by atoms with Gasteiger partial charge in [0.25, 0.3) is 0 Å². The number of hydrogen-bond donors (Lipinski definition) is 2. The first kappa shape index (κ1) is 16.5. The van der Waals surface area contributed by atoms with E-state index < -0.39 is 4.75 Å². The summed E-state index contributed by atoms with van der Waals surface area (Å²) in [6.07, 6.45) is 0.188. The third kappa shape index (κ3) is 5.97. The minimum Gasteiger partial charge on any atom is -0.393 e. The van der Waals surface area contributed by atoms with Crippen molar-refractivity contribution in [3.05, 3.63) is 28.7 Å². The van der Waals surface area contributed by atoms with Gasteiger partial charge in [-0.2, -0.15) is 0 Å². The van der Waals surface area contributed by atoms with E-state index in [-0.39, 0.29) is 12.0 Å². The van der Waals surface area contributed by atoms with Gasteiger partial charge < -0.3 is 10.4 Å². The van der Waals surface area contributed by atoms with Crippen LogP contribution in [-0.4, -0.2) is 28.4 Å². The fraction of sp³-hybridized carbons (Fsp3) is 0.500. The number of aliphatic hydroxyl groups is 1. The molecule has 1 aromatic carbocycles. The lowest BCUT2D eigenvalue weighted by molar-refractivity contribution is -0.122. The molecule has 0 radical (unpaired) electrons. The number of hydrogen-bond acceptors (Lipinski definition) is 3. The lowest BCUT2D eigenvalue weighted by Crippen LogP contribution is -2.40. The summed E-state index contributed by atoms with van der Waals surface area (Å²) >= 11 is 4.92. The largest absolute Gasteiger partial charge is 0.393 e. The van der Waals surface area contributed by atoms with Crippen LogP contribution in [0.25, 0.3) is 0 Å². The van der Waals surface area contributed by atoms with Crippen LogP contribution in [-0.2, 0) is 4.79 Å². The number of halogens is 1. The monoisotopic (exact) mass is 345 g/mol. The second-order valence-electron chi connectivity index (χ2n) is 4.96. The SMILES string of the molecule is CC(O)CCNC(=O)C(C)(C)Sc1ccc(Br)cc1. The first-order valence-electron chi connectivity index (χ1n) is 6.22. The van der Waals surface area contributed by atoms with Crippen LogP contribution in [0, 0.1) is 0 Å². The molecule has 0 fully saturated rings. The molecule has 0 heterocycles. The molecule has 0 aliphatic heterocycles. The van der Waals surface area contributed by atoms with Crippen LogP contribution >= 0.6 is 27.7 Å². The van der Waals surface area contributed by atoms with Crippen LogP contribution in [0.2, 0.25) is 0 Å². The molecule has 1 aromatic rings.